The highest BCUT2D eigenvalue weighted by atomic mass is 28.5. The molecule has 0 spiro atoms. The second kappa shape index (κ2) is 9.94. The van der Waals surface area contributed by atoms with Gasteiger partial charge in [-0.15, -0.1) is 0 Å². The van der Waals surface area contributed by atoms with Gasteiger partial charge in [0.05, 0.1) is 12.8 Å². The molecule has 0 nitrogen and oxygen atoms in total. The van der Waals surface area contributed by atoms with Gasteiger partial charge in [-0.3, -0.25) is 4.39 Å². The van der Waals surface area contributed by atoms with Gasteiger partial charge in [0.15, 0.2) is 0 Å². The summed E-state index contributed by atoms with van der Waals surface area (Å²) in [6.45, 7) is 1.23. The van der Waals surface area contributed by atoms with E-state index in [4.69, 9.17) is 0 Å². The van der Waals surface area contributed by atoms with Crippen LogP contribution in [0.1, 0.15) is 32.6 Å². The van der Waals surface area contributed by atoms with Gasteiger partial charge < -0.3 is 0 Å². The van der Waals surface area contributed by atoms with Crippen molar-refractivity contribution in [2.45, 2.75) is 56.9 Å². The molecule has 7 heteroatoms. The maximum Gasteiger partial charge on any atom is 0.616 e. The Kier molecular flexibility index (Phi) is 9.99. The molecular formula is C11H23F5Si2. The number of rotatable bonds is 11. The molecule has 0 aromatic rings. The first-order valence-electron chi connectivity index (χ1n) is 6.62. The van der Waals surface area contributed by atoms with Crippen molar-refractivity contribution in [3.8, 4) is 0 Å². The van der Waals surface area contributed by atoms with E-state index < -0.39 is 37.5 Å². The number of hydrogen-bond donors (Lipinski definition) is 0. The minimum absolute atomic E-state index is 0.297. The summed E-state index contributed by atoms with van der Waals surface area (Å²) >= 11 is 0. The zero-order chi connectivity index (χ0) is 14.0. The van der Waals surface area contributed by atoms with E-state index in [1.807, 2.05) is 0 Å². The molecule has 0 N–H and O–H groups in total. The lowest BCUT2D eigenvalue weighted by atomic mass is 10.2. The maximum atomic E-state index is 13.3. The Labute approximate surface area is 110 Å². The first-order chi connectivity index (χ1) is 8.35. The molecule has 0 bridgehead atoms. The Morgan fingerprint density at radius 1 is 1.11 bits per heavy atom. The topological polar surface area (TPSA) is 0 Å². The predicted molar refractivity (Wildman–Crippen MR) is 70.5 cm³/mol. The third-order valence-corrected chi connectivity index (χ3v) is 6.05. The predicted octanol–water partition coefficient (Wildman–Crippen LogP) is 4.34. The van der Waals surface area contributed by atoms with Crippen molar-refractivity contribution in [2.24, 2.45) is 5.92 Å². The molecule has 0 aliphatic rings. The van der Waals surface area contributed by atoms with Crippen molar-refractivity contribution in [1.29, 1.82) is 0 Å². The Balaban J connectivity index is 3.43. The molecule has 0 amide bonds. The Hall–Kier alpha value is 0.0838. The lowest BCUT2D eigenvalue weighted by Crippen LogP contribution is -2.18. The molecular weight excluding hydrogens is 283 g/mol. The lowest BCUT2D eigenvalue weighted by Gasteiger charge is -2.12. The van der Waals surface area contributed by atoms with Crippen LogP contribution >= 0.6 is 0 Å². The van der Waals surface area contributed by atoms with Gasteiger partial charge in [0, 0.05) is 15.6 Å². The van der Waals surface area contributed by atoms with Crippen molar-refractivity contribution < 1.29 is 21.1 Å². The van der Waals surface area contributed by atoms with Crippen molar-refractivity contribution in [1.82, 2.24) is 0 Å². The zero-order valence-electron chi connectivity index (χ0n) is 10.9. The van der Waals surface area contributed by atoms with E-state index in [2.05, 4.69) is 0 Å². The highest BCUT2D eigenvalue weighted by molar-refractivity contribution is 6.58. The Morgan fingerprint density at radius 3 is 2.33 bits per heavy atom. The fourth-order valence-electron chi connectivity index (χ4n) is 1.96. The van der Waals surface area contributed by atoms with Crippen LogP contribution in [-0.2, 0) is 0 Å². The summed E-state index contributed by atoms with van der Waals surface area (Å²) in [4.78, 5) is 0. The van der Waals surface area contributed by atoms with E-state index in [0.717, 1.165) is 6.04 Å². The average Bonchev–Trinajstić information content (AvgIpc) is 2.22. The molecule has 0 aliphatic heterocycles. The zero-order valence-corrected chi connectivity index (χ0v) is 13.3. The van der Waals surface area contributed by atoms with Gasteiger partial charge in [-0.2, -0.15) is 0 Å². The molecule has 0 aromatic heterocycles. The molecule has 0 rings (SSSR count). The first-order valence-corrected chi connectivity index (χ1v) is 10.5. The van der Waals surface area contributed by atoms with Crippen LogP contribution in [0.2, 0.25) is 18.1 Å². The minimum Gasteiger partial charge on any atom is -0.251 e. The summed E-state index contributed by atoms with van der Waals surface area (Å²) in [5.41, 5.74) is 0. The van der Waals surface area contributed by atoms with Crippen LogP contribution in [0, 0.1) is 5.92 Å². The van der Waals surface area contributed by atoms with Crippen LogP contribution in [0.5, 0.6) is 0 Å². The van der Waals surface area contributed by atoms with Crippen molar-refractivity contribution >= 4 is 18.6 Å². The lowest BCUT2D eigenvalue weighted by molar-refractivity contribution is 0.322. The molecule has 0 aliphatic carbocycles. The van der Waals surface area contributed by atoms with E-state index in [1.165, 1.54) is 0 Å². The van der Waals surface area contributed by atoms with Gasteiger partial charge in [0.2, 0.25) is 0 Å². The molecule has 0 fully saturated rings. The van der Waals surface area contributed by atoms with Crippen molar-refractivity contribution in [3.05, 3.63) is 0 Å². The number of unbranched alkanes of at least 4 members (excludes halogenated alkanes) is 1. The standard InChI is InChI=1S/C11H23F5Si2/c1-10(9-18(14,15)16)5-7-17-8-11(13)4-2-3-6-12/h10-11H,2-9,17H2,1H3. The highest BCUT2D eigenvalue weighted by Gasteiger charge is 2.37. The summed E-state index contributed by atoms with van der Waals surface area (Å²) in [7, 11) is -6.01. The maximum absolute atomic E-state index is 13.3. The van der Waals surface area contributed by atoms with E-state index in [0.29, 0.717) is 31.7 Å². The van der Waals surface area contributed by atoms with Gasteiger partial charge in [0.25, 0.3) is 0 Å². The van der Waals surface area contributed by atoms with Crippen molar-refractivity contribution in [3.63, 3.8) is 0 Å². The van der Waals surface area contributed by atoms with Gasteiger partial charge in [-0.25, -0.2) is 16.7 Å². The molecule has 0 saturated heterocycles. The van der Waals surface area contributed by atoms with Gasteiger partial charge in [-0.05, 0) is 31.2 Å². The van der Waals surface area contributed by atoms with E-state index in [-0.39, 0.29) is 5.92 Å². The fourth-order valence-corrected chi connectivity index (χ4v) is 4.96. The van der Waals surface area contributed by atoms with Crippen molar-refractivity contribution in [2.75, 3.05) is 6.67 Å². The second-order valence-corrected chi connectivity index (χ2v) is 8.62. The van der Waals surface area contributed by atoms with Crippen LogP contribution in [0.3, 0.4) is 0 Å². The van der Waals surface area contributed by atoms with Gasteiger partial charge >= 0.3 is 9.08 Å². The number of hydrogen-bond acceptors (Lipinski definition) is 0. The summed E-state index contributed by atoms with van der Waals surface area (Å²) < 4.78 is 61.6. The normalized spacial score (nSPS) is 16.3. The van der Waals surface area contributed by atoms with Crippen LogP contribution in [0.4, 0.5) is 21.1 Å². The minimum atomic E-state index is -5.42. The van der Waals surface area contributed by atoms with E-state index in [1.54, 1.807) is 6.92 Å². The summed E-state index contributed by atoms with van der Waals surface area (Å²) in [5.74, 6) is -0.297. The molecule has 18 heavy (non-hydrogen) atoms. The molecule has 0 aromatic carbocycles. The van der Waals surface area contributed by atoms with Crippen LogP contribution in [-0.4, -0.2) is 31.4 Å². The smallest absolute Gasteiger partial charge is 0.251 e. The Morgan fingerprint density at radius 2 is 1.78 bits per heavy atom. The SMILES string of the molecule is CC(CC[SiH2]CC(F)CCCCF)C[Si](F)(F)F. The largest absolute Gasteiger partial charge is 0.616 e. The summed E-state index contributed by atoms with van der Waals surface area (Å²) in [5, 5.41) is 0. The van der Waals surface area contributed by atoms with Crippen LogP contribution in [0.25, 0.3) is 0 Å². The first kappa shape index (κ1) is 18.1. The molecule has 110 valence electrons. The van der Waals surface area contributed by atoms with Gasteiger partial charge in [0.1, 0.15) is 0 Å². The molecule has 0 radical (unpaired) electrons. The van der Waals surface area contributed by atoms with E-state index >= 15 is 0 Å². The number of halogens is 5. The van der Waals surface area contributed by atoms with E-state index in [9.17, 15) is 21.1 Å². The van der Waals surface area contributed by atoms with Crippen LogP contribution in [0.15, 0.2) is 0 Å². The number of alkyl halides is 2. The highest BCUT2D eigenvalue weighted by Crippen LogP contribution is 2.24. The third kappa shape index (κ3) is 12.5. The third-order valence-electron chi connectivity index (χ3n) is 2.95. The fraction of sp³-hybridized carbons (Fsp3) is 1.00. The van der Waals surface area contributed by atoms with Gasteiger partial charge in [-0.1, -0.05) is 19.4 Å². The molecule has 0 heterocycles. The van der Waals surface area contributed by atoms with Crippen LogP contribution < -0.4 is 0 Å². The Bertz CT molecular complexity index is 198. The second-order valence-electron chi connectivity index (χ2n) is 4.99. The quantitative estimate of drug-likeness (QED) is 0.230. The molecule has 2 atom stereocenters. The molecule has 2 unspecified atom stereocenters. The monoisotopic (exact) mass is 306 g/mol. The summed E-state index contributed by atoms with van der Waals surface area (Å²) in [6, 6.07) is 0.717. The molecule has 0 saturated carbocycles. The average molecular weight is 306 g/mol. The summed E-state index contributed by atoms with van der Waals surface area (Å²) in [6.07, 6.45) is 1.10.